The van der Waals surface area contributed by atoms with E-state index in [0.717, 1.165) is 68.8 Å². The van der Waals surface area contributed by atoms with Gasteiger partial charge in [0.1, 0.15) is 5.69 Å². The second kappa shape index (κ2) is 9.35. The maximum absolute atomic E-state index is 12.2. The van der Waals surface area contributed by atoms with Crippen LogP contribution >= 0.6 is 0 Å². The van der Waals surface area contributed by atoms with Gasteiger partial charge < -0.3 is 10.3 Å². The predicted octanol–water partition coefficient (Wildman–Crippen LogP) is 6.29. The first kappa shape index (κ1) is 22.7. The Balaban J connectivity index is 1.37. The molecule has 37 heavy (non-hydrogen) atoms. The molecule has 5 aromatic rings. The summed E-state index contributed by atoms with van der Waals surface area (Å²) in [7, 11) is 0. The van der Waals surface area contributed by atoms with Gasteiger partial charge in [-0.3, -0.25) is 19.9 Å². The molecule has 6 rings (SSSR count). The third-order valence-electron chi connectivity index (χ3n) is 6.64. The van der Waals surface area contributed by atoms with Gasteiger partial charge in [0.15, 0.2) is 0 Å². The number of aryl methyl sites for hydroxylation is 1. The molecule has 4 heterocycles. The topological polar surface area (TPSA) is 99.3 Å². The number of hydrogen-bond acceptors (Lipinski definition) is 4. The number of nitrogens with zero attached hydrogens (tertiary/aromatic N) is 3. The van der Waals surface area contributed by atoms with E-state index in [1.807, 2.05) is 55.6 Å². The molecule has 0 saturated heterocycles. The lowest BCUT2D eigenvalue weighted by atomic mass is 10.0. The number of rotatable bonds is 7. The first-order valence-corrected chi connectivity index (χ1v) is 12.3. The zero-order valence-corrected chi connectivity index (χ0v) is 20.5. The Bertz CT molecular complexity index is 1660. The predicted molar refractivity (Wildman–Crippen MR) is 147 cm³/mol. The van der Waals surface area contributed by atoms with Gasteiger partial charge in [-0.15, -0.1) is 0 Å². The lowest BCUT2D eigenvalue weighted by molar-refractivity contribution is -0.117. The lowest BCUT2D eigenvalue weighted by Crippen LogP contribution is -2.13. The number of fused-ring (bicyclic) bond motifs is 1. The van der Waals surface area contributed by atoms with E-state index in [0.29, 0.717) is 5.69 Å². The first-order valence-electron chi connectivity index (χ1n) is 12.3. The first-order chi connectivity index (χ1) is 18.1. The van der Waals surface area contributed by atoms with Crippen LogP contribution in [0.1, 0.15) is 29.8 Å². The number of carbonyl (C=O) groups excluding carboxylic acids is 1. The molecule has 1 aliphatic carbocycles. The maximum atomic E-state index is 12.2. The van der Waals surface area contributed by atoms with Crippen molar-refractivity contribution in [1.29, 1.82) is 0 Å². The lowest BCUT2D eigenvalue weighted by Gasteiger charge is -2.07. The van der Waals surface area contributed by atoms with Gasteiger partial charge in [-0.2, -0.15) is 5.10 Å². The number of carbonyl (C=O) groups is 1. The van der Waals surface area contributed by atoms with Gasteiger partial charge in [0.2, 0.25) is 5.91 Å². The van der Waals surface area contributed by atoms with Crippen molar-refractivity contribution < 1.29 is 4.79 Å². The standard InChI is InChI=1S/C30H26N6O/c1-3-6-23(26-7-4-5-12-32-26)24-15-28(33-18(24)2)29-25-14-20(10-11-27(25)35-36-29)21-13-22(17-31-16-21)34-30(37)19-8-9-19/h3-7,10-17,19,33H,1,8-9H2,2H3,(H,34,37)(H,35,36)/b23-6+. The van der Waals surface area contributed by atoms with Gasteiger partial charge >= 0.3 is 0 Å². The molecular weight excluding hydrogens is 460 g/mol. The number of aromatic nitrogens is 5. The second-order valence-electron chi connectivity index (χ2n) is 9.31. The Morgan fingerprint density at radius 1 is 1.11 bits per heavy atom. The number of aromatic amines is 2. The highest BCUT2D eigenvalue weighted by molar-refractivity contribution is 5.97. The summed E-state index contributed by atoms with van der Waals surface area (Å²) in [4.78, 5) is 24.6. The van der Waals surface area contributed by atoms with Crippen molar-refractivity contribution in [2.75, 3.05) is 5.32 Å². The van der Waals surface area contributed by atoms with E-state index >= 15 is 0 Å². The highest BCUT2D eigenvalue weighted by atomic mass is 16.2. The van der Waals surface area contributed by atoms with Crippen LogP contribution in [-0.2, 0) is 4.79 Å². The van der Waals surface area contributed by atoms with E-state index in [4.69, 9.17) is 0 Å². The molecule has 182 valence electrons. The molecule has 0 aliphatic heterocycles. The smallest absolute Gasteiger partial charge is 0.227 e. The monoisotopic (exact) mass is 486 g/mol. The highest BCUT2D eigenvalue weighted by Gasteiger charge is 2.29. The fourth-order valence-electron chi connectivity index (χ4n) is 4.57. The van der Waals surface area contributed by atoms with Gasteiger partial charge in [0, 0.05) is 46.1 Å². The van der Waals surface area contributed by atoms with Gasteiger partial charge in [-0.25, -0.2) is 0 Å². The number of nitrogens with one attached hydrogen (secondary N) is 3. The average Bonchev–Trinajstić information content (AvgIpc) is 3.59. The minimum absolute atomic E-state index is 0.0695. The molecule has 4 aromatic heterocycles. The zero-order valence-electron chi connectivity index (χ0n) is 20.5. The summed E-state index contributed by atoms with van der Waals surface area (Å²) < 4.78 is 0. The number of H-pyrrole nitrogens is 2. The normalized spacial score (nSPS) is 13.6. The van der Waals surface area contributed by atoms with E-state index in [1.165, 1.54) is 0 Å². The van der Waals surface area contributed by atoms with Crippen LogP contribution in [0.2, 0.25) is 0 Å². The summed E-state index contributed by atoms with van der Waals surface area (Å²) in [5.41, 5.74) is 9.24. The molecule has 1 aliphatic rings. The fourth-order valence-corrected chi connectivity index (χ4v) is 4.57. The molecule has 7 heteroatoms. The Labute approximate surface area is 214 Å². The minimum atomic E-state index is 0.0695. The van der Waals surface area contributed by atoms with Crippen molar-refractivity contribution in [2.45, 2.75) is 19.8 Å². The van der Waals surface area contributed by atoms with Gasteiger partial charge in [0.05, 0.1) is 28.8 Å². The maximum Gasteiger partial charge on any atom is 0.227 e. The molecule has 1 amide bonds. The van der Waals surface area contributed by atoms with E-state index in [1.54, 1.807) is 18.5 Å². The van der Waals surface area contributed by atoms with Crippen LogP contribution in [0.15, 0.2) is 85.9 Å². The van der Waals surface area contributed by atoms with Crippen LogP contribution in [0.4, 0.5) is 5.69 Å². The molecule has 3 N–H and O–H groups in total. The summed E-state index contributed by atoms with van der Waals surface area (Å²) in [6.07, 6.45) is 11.0. The Hall–Kier alpha value is -4.78. The van der Waals surface area contributed by atoms with Crippen molar-refractivity contribution in [3.63, 3.8) is 0 Å². The third kappa shape index (κ3) is 4.47. The van der Waals surface area contributed by atoms with Crippen molar-refractivity contribution in [3.8, 4) is 22.5 Å². The number of allylic oxidation sites excluding steroid dienone is 2. The molecule has 1 fully saturated rings. The number of hydrogen-bond donors (Lipinski definition) is 3. The van der Waals surface area contributed by atoms with Crippen LogP contribution in [-0.4, -0.2) is 31.1 Å². The second-order valence-corrected chi connectivity index (χ2v) is 9.31. The Morgan fingerprint density at radius 3 is 2.78 bits per heavy atom. The molecule has 1 aromatic carbocycles. The van der Waals surface area contributed by atoms with Crippen molar-refractivity contribution in [2.24, 2.45) is 5.92 Å². The van der Waals surface area contributed by atoms with Crippen molar-refractivity contribution in [1.82, 2.24) is 25.1 Å². The highest BCUT2D eigenvalue weighted by Crippen LogP contribution is 2.35. The summed E-state index contributed by atoms with van der Waals surface area (Å²) in [6, 6.07) is 16.1. The fraction of sp³-hybridized carbons (Fsp3) is 0.133. The third-order valence-corrected chi connectivity index (χ3v) is 6.64. The largest absolute Gasteiger partial charge is 0.357 e. The van der Waals surface area contributed by atoms with Gasteiger partial charge in [-0.05, 0) is 61.7 Å². The van der Waals surface area contributed by atoms with Crippen LogP contribution in [0, 0.1) is 12.8 Å². The van der Waals surface area contributed by atoms with Gasteiger partial charge in [-0.1, -0.05) is 30.9 Å². The summed E-state index contributed by atoms with van der Waals surface area (Å²) in [6.45, 7) is 5.94. The molecule has 0 bridgehead atoms. The van der Waals surface area contributed by atoms with E-state index in [2.05, 4.69) is 49.2 Å². The van der Waals surface area contributed by atoms with Crippen LogP contribution in [0.3, 0.4) is 0 Å². The summed E-state index contributed by atoms with van der Waals surface area (Å²) in [5.74, 6) is 0.210. The quantitative estimate of drug-likeness (QED) is 0.235. The number of amides is 1. The average molecular weight is 487 g/mol. The van der Waals surface area contributed by atoms with E-state index in [9.17, 15) is 4.79 Å². The molecular formula is C30H26N6O. The van der Waals surface area contributed by atoms with Gasteiger partial charge in [0.25, 0.3) is 0 Å². The van der Waals surface area contributed by atoms with Crippen LogP contribution in [0.25, 0.3) is 39.0 Å². The summed E-state index contributed by atoms with van der Waals surface area (Å²) >= 11 is 0. The number of benzene rings is 1. The molecule has 1 saturated carbocycles. The van der Waals surface area contributed by atoms with Crippen LogP contribution < -0.4 is 5.32 Å². The molecule has 0 spiro atoms. The van der Waals surface area contributed by atoms with Crippen molar-refractivity contribution in [3.05, 3.63) is 103 Å². The number of pyridine rings is 2. The minimum Gasteiger partial charge on any atom is -0.357 e. The van der Waals surface area contributed by atoms with Crippen molar-refractivity contribution >= 4 is 28.1 Å². The summed E-state index contributed by atoms with van der Waals surface area (Å²) in [5, 5.41) is 11.8. The SMILES string of the molecule is C=C/C=C(/c1ccccn1)c1cc(-c2n[nH]c3ccc(-c4cncc(NC(=O)C5CC5)c4)cc23)[nH]c1C. The van der Waals surface area contributed by atoms with Crippen LogP contribution in [0.5, 0.6) is 0 Å². The Kier molecular flexibility index (Phi) is 5.73. The zero-order chi connectivity index (χ0) is 25.4. The number of anilines is 1. The molecule has 0 radical (unpaired) electrons. The molecule has 0 atom stereocenters. The van der Waals surface area contributed by atoms with E-state index in [-0.39, 0.29) is 11.8 Å². The Morgan fingerprint density at radius 2 is 2.00 bits per heavy atom. The molecule has 7 nitrogen and oxygen atoms in total. The van der Waals surface area contributed by atoms with E-state index < -0.39 is 0 Å². The molecule has 0 unspecified atom stereocenters.